The van der Waals surface area contributed by atoms with Gasteiger partial charge >= 0.3 is 0 Å². The van der Waals surface area contributed by atoms with Gasteiger partial charge in [0.15, 0.2) is 0 Å². The van der Waals surface area contributed by atoms with Gasteiger partial charge in [-0.05, 0) is 12.8 Å². The summed E-state index contributed by atoms with van der Waals surface area (Å²) in [5.41, 5.74) is 0. The quantitative estimate of drug-likeness (QED) is 0.569. The SMILES string of the molecule is Cl.N#CCCCCC#N. The fourth-order valence-corrected chi connectivity index (χ4v) is 0.408. The van der Waals surface area contributed by atoms with Crippen molar-refractivity contribution in [3.8, 4) is 12.1 Å². The van der Waals surface area contributed by atoms with Gasteiger partial charge in [0.25, 0.3) is 0 Å². The van der Waals surface area contributed by atoms with Crippen LogP contribution in [0.3, 0.4) is 0 Å². The van der Waals surface area contributed by atoms with E-state index in [9.17, 15) is 0 Å². The van der Waals surface area contributed by atoms with Gasteiger partial charge in [0.2, 0.25) is 0 Å². The third kappa shape index (κ3) is 11.1. The van der Waals surface area contributed by atoms with Crippen molar-refractivity contribution in [2.75, 3.05) is 0 Å². The molecule has 0 atom stereocenters. The summed E-state index contributed by atoms with van der Waals surface area (Å²) in [5.74, 6) is 0. The zero-order chi connectivity index (χ0) is 6.24. The molecule has 9 heavy (non-hydrogen) atoms. The van der Waals surface area contributed by atoms with E-state index in [4.69, 9.17) is 10.5 Å². The first kappa shape index (κ1) is 11.1. The molecule has 0 radical (unpaired) electrons. The largest absolute Gasteiger partial charge is 0.198 e. The van der Waals surface area contributed by atoms with Crippen LogP contribution in [-0.2, 0) is 0 Å². The van der Waals surface area contributed by atoms with E-state index in [1.807, 2.05) is 12.1 Å². The van der Waals surface area contributed by atoms with Gasteiger partial charge in [0.05, 0.1) is 12.1 Å². The normalized spacial score (nSPS) is 6.44. The van der Waals surface area contributed by atoms with Crippen LogP contribution in [0.2, 0.25) is 0 Å². The van der Waals surface area contributed by atoms with E-state index >= 15 is 0 Å². The monoisotopic (exact) mass is 144 g/mol. The van der Waals surface area contributed by atoms with Gasteiger partial charge in [-0.25, -0.2) is 0 Å². The predicted molar refractivity (Wildman–Crippen MR) is 36.9 cm³/mol. The lowest BCUT2D eigenvalue weighted by Gasteiger charge is -1.83. The Balaban J connectivity index is 0. The maximum absolute atomic E-state index is 8.03. The highest BCUT2D eigenvalue weighted by Crippen LogP contribution is 1.95. The maximum Gasteiger partial charge on any atom is 0.0621 e. The van der Waals surface area contributed by atoms with Gasteiger partial charge in [0.1, 0.15) is 0 Å². The van der Waals surface area contributed by atoms with Crippen LogP contribution in [0, 0.1) is 22.7 Å². The molecule has 3 heteroatoms. The first-order valence-corrected chi connectivity index (χ1v) is 2.65. The lowest BCUT2D eigenvalue weighted by atomic mass is 10.2. The predicted octanol–water partition coefficient (Wildman–Crippen LogP) is 2.02. The summed E-state index contributed by atoms with van der Waals surface area (Å²) in [6.45, 7) is 0. The van der Waals surface area contributed by atoms with E-state index in [1.54, 1.807) is 0 Å². The molecule has 0 unspecified atom stereocenters. The van der Waals surface area contributed by atoms with Crippen LogP contribution in [-0.4, -0.2) is 0 Å². The van der Waals surface area contributed by atoms with Gasteiger partial charge < -0.3 is 0 Å². The highest BCUT2D eigenvalue weighted by Gasteiger charge is 1.83. The summed E-state index contributed by atoms with van der Waals surface area (Å²) in [6, 6.07) is 4.03. The van der Waals surface area contributed by atoms with Crippen molar-refractivity contribution in [3.63, 3.8) is 0 Å². The molecule has 0 spiro atoms. The van der Waals surface area contributed by atoms with Crippen molar-refractivity contribution in [1.29, 1.82) is 10.5 Å². The van der Waals surface area contributed by atoms with Crippen LogP contribution in [0.15, 0.2) is 0 Å². The molecule has 0 aliphatic heterocycles. The number of nitrogens with zero attached hydrogens (tertiary/aromatic N) is 2. The van der Waals surface area contributed by atoms with Gasteiger partial charge in [-0.15, -0.1) is 12.4 Å². The molecule has 2 nitrogen and oxygen atoms in total. The molecule has 0 fully saturated rings. The molecule has 0 aliphatic rings. The van der Waals surface area contributed by atoms with Gasteiger partial charge in [-0.2, -0.15) is 10.5 Å². The summed E-state index contributed by atoms with van der Waals surface area (Å²) in [4.78, 5) is 0. The van der Waals surface area contributed by atoms with Crippen molar-refractivity contribution in [2.24, 2.45) is 0 Å². The van der Waals surface area contributed by atoms with Gasteiger partial charge in [-0.1, -0.05) is 0 Å². The van der Waals surface area contributed by atoms with Crippen molar-refractivity contribution >= 4 is 12.4 Å². The van der Waals surface area contributed by atoms with Gasteiger partial charge in [-0.3, -0.25) is 0 Å². The average molecular weight is 145 g/mol. The van der Waals surface area contributed by atoms with Crippen LogP contribution >= 0.6 is 12.4 Å². The maximum atomic E-state index is 8.03. The van der Waals surface area contributed by atoms with Crippen LogP contribution in [0.5, 0.6) is 0 Å². The number of rotatable bonds is 3. The number of hydrogen-bond donors (Lipinski definition) is 0. The second kappa shape index (κ2) is 10.3. The minimum Gasteiger partial charge on any atom is -0.198 e. The fraction of sp³-hybridized carbons (Fsp3) is 0.667. The highest BCUT2D eigenvalue weighted by atomic mass is 35.5. The Labute approximate surface area is 61.5 Å². The minimum absolute atomic E-state index is 0. The van der Waals surface area contributed by atoms with E-state index in [-0.39, 0.29) is 12.4 Å². The molecule has 0 aromatic rings. The fourth-order valence-electron chi connectivity index (χ4n) is 0.408. The van der Waals surface area contributed by atoms with Crippen molar-refractivity contribution < 1.29 is 0 Å². The molecule has 50 valence electrons. The molecule has 0 saturated carbocycles. The Kier molecular flexibility index (Phi) is 12.7. The van der Waals surface area contributed by atoms with Crippen LogP contribution < -0.4 is 0 Å². The van der Waals surface area contributed by atoms with Crippen LogP contribution in [0.25, 0.3) is 0 Å². The van der Waals surface area contributed by atoms with E-state index in [2.05, 4.69) is 0 Å². The van der Waals surface area contributed by atoms with E-state index in [1.165, 1.54) is 0 Å². The molecular formula is C6H9ClN2. The van der Waals surface area contributed by atoms with Crippen molar-refractivity contribution in [3.05, 3.63) is 0 Å². The summed E-state index contributed by atoms with van der Waals surface area (Å²) in [6.07, 6.45) is 2.90. The lowest BCUT2D eigenvalue weighted by molar-refractivity contribution is 0.773. The average Bonchev–Trinajstić information content (AvgIpc) is 1.81. The van der Waals surface area contributed by atoms with Crippen molar-refractivity contribution in [2.45, 2.75) is 25.7 Å². The molecule has 0 aromatic carbocycles. The molecule has 0 bridgehead atoms. The summed E-state index contributed by atoms with van der Waals surface area (Å²) in [7, 11) is 0. The molecule has 0 saturated heterocycles. The Hall–Kier alpha value is -0.730. The van der Waals surface area contributed by atoms with Crippen LogP contribution in [0.4, 0.5) is 0 Å². The first-order chi connectivity index (χ1) is 3.91. The van der Waals surface area contributed by atoms with Crippen molar-refractivity contribution in [1.82, 2.24) is 0 Å². The zero-order valence-corrected chi connectivity index (χ0v) is 5.95. The Morgan fingerprint density at radius 1 is 0.889 bits per heavy atom. The number of nitriles is 2. The molecule has 0 amide bonds. The lowest BCUT2D eigenvalue weighted by Crippen LogP contribution is -1.70. The van der Waals surface area contributed by atoms with E-state index in [0.717, 1.165) is 12.8 Å². The zero-order valence-electron chi connectivity index (χ0n) is 5.13. The van der Waals surface area contributed by atoms with Crippen LogP contribution in [0.1, 0.15) is 25.7 Å². The molecule has 0 rings (SSSR count). The van der Waals surface area contributed by atoms with E-state index in [0.29, 0.717) is 12.8 Å². The molecule has 0 heterocycles. The Bertz CT molecular complexity index is 104. The number of halogens is 1. The molecular weight excluding hydrogens is 136 g/mol. The Morgan fingerprint density at radius 3 is 1.44 bits per heavy atom. The third-order valence-corrected chi connectivity index (χ3v) is 0.827. The second-order valence-electron chi connectivity index (χ2n) is 1.52. The Morgan fingerprint density at radius 2 is 1.22 bits per heavy atom. The van der Waals surface area contributed by atoms with E-state index < -0.39 is 0 Å². The highest BCUT2D eigenvalue weighted by molar-refractivity contribution is 5.85. The number of hydrogen-bond acceptors (Lipinski definition) is 2. The third-order valence-electron chi connectivity index (χ3n) is 0.827. The van der Waals surface area contributed by atoms with Gasteiger partial charge in [0, 0.05) is 12.8 Å². The number of unbranched alkanes of at least 4 members (excludes halogenated alkanes) is 3. The summed E-state index contributed by atoms with van der Waals surface area (Å²) < 4.78 is 0. The molecule has 0 aromatic heterocycles. The minimum atomic E-state index is 0. The molecule has 0 aliphatic carbocycles. The summed E-state index contributed by atoms with van der Waals surface area (Å²) >= 11 is 0. The smallest absolute Gasteiger partial charge is 0.0621 e. The summed E-state index contributed by atoms with van der Waals surface area (Å²) in [5, 5.41) is 16.1. The first-order valence-electron chi connectivity index (χ1n) is 2.65. The standard InChI is InChI=1S/C6H8N2.ClH/c7-5-3-1-2-4-6-8;/h1-4H2;1H. The topological polar surface area (TPSA) is 47.6 Å². The molecule has 0 N–H and O–H groups in total. The second-order valence-corrected chi connectivity index (χ2v) is 1.52.